The Hall–Kier alpha value is -0.620. The Labute approximate surface area is 149 Å². The van der Waals surface area contributed by atoms with E-state index in [1.54, 1.807) is 0 Å². The minimum absolute atomic E-state index is 0.178. The van der Waals surface area contributed by atoms with Gasteiger partial charge in [-0.1, -0.05) is 37.1 Å². The number of nitrogens with one attached hydrogen (secondary N) is 1. The molecule has 0 saturated carbocycles. The maximum absolute atomic E-state index is 11.9. The topological polar surface area (TPSA) is 55.4 Å². The molecule has 0 amide bonds. The van der Waals surface area contributed by atoms with Crippen molar-refractivity contribution in [2.75, 3.05) is 18.1 Å². The molecule has 1 N–H and O–H groups in total. The molecule has 1 aromatic carbocycles. The van der Waals surface area contributed by atoms with E-state index in [9.17, 15) is 8.42 Å². The summed E-state index contributed by atoms with van der Waals surface area (Å²) in [5.41, 5.74) is 0.770. The van der Waals surface area contributed by atoms with Gasteiger partial charge in [-0.05, 0) is 43.4 Å². The average Bonchev–Trinajstić information content (AvgIpc) is 2.82. The first kappa shape index (κ1) is 18.2. The van der Waals surface area contributed by atoms with Crippen molar-refractivity contribution in [2.45, 2.75) is 56.7 Å². The van der Waals surface area contributed by atoms with Crippen LogP contribution >= 0.6 is 11.6 Å². The molecule has 0 radical (unpaired) electrons. The summed E-state index contributed by atoms with van der Waals surface area (Å²) in [5, 5.41) is 4.50. The molecule has 0 unspecified atom stereocenters. The minimum atomic E-state index is -2.94. The van der Waals surface area contributed by atoms with Crippen LogP contribution in [0.1, 0.15) is 50.6 Å². The fourth-order valence-electron chi connectivity index (χ4n) is 3.95. The van der Waals surface area contributed by atoms with Crippen LogP contribution in [0.2, 0.25) is 5.02 Å². The molecule has 1 aromatic rings. The minimum Gasteiger partial charge on any atom is -0.374 e. The van der Waals surface area contributed by atoms with Crippen LogP contribution in [-0.2, 0) is 14.6 Å². The summed E-state index contributed by atoms with van der Waals surface area (Å²) in [4.78, 5) is 0. The summed E-state index contributed by atoms with van der Waals surface area (Å²) in [6.45, 7) is 2.81. The molecule has 2 fully saturated rings. The normalized spacial score (nSPS) is 30.5. The Morgan fingerprint density at radius 3 is 2.75 bits per heavy atom. The molecule has 0 bridgehead atoms. The summed E-state index contributed by atoms with van der Waals surface area (Å²) < 4.78 is 29.7. The van der Waals surface area contributed by atoms with Crippen LogP contribution in [0.15, 0.2) is 24.3 Å². The molecular weight excluding hydrogens is 346 g/mol. The average molecular weight is 372 g/mol. The van der Waals surface area contributed by atoms with Crippen molar-refractivity contribution in [3.05, 3.63) is 34.9 Å². The largest absolute Gasteiger partial charge is 0.374 e. The van der Waals surface area contributed by atoms with E-state index in [4.69, 9.17) is 16.3 Å². The van der Waals surface area contributed by atoms with E-state index in [1.165, 1.54) is 5.56 Å². The number of hydrogen-bond donors (Lipinski definition) is 1. The third kappa shape index (κ3) is 4.31. The number of ether oxygens (including phenoxy) is 1. The molecule has 2 saturated heterocycles. The van der Waals surface area contributed by atoms with Gasteiger partial charge in [0.25, 0.3) is 0 Å². The Morgan fingerprint density at radius 2 is 2.12 bits per heavy atom. The molecule has 3 atom stereocenters. The van der Waals surface area contributed by atoms with Crippen molar-refractivity contribution in [1.82, 2.24) is 5.32 Å². The fraction of sp³-hybridized carbons (Fsp3) is 0.667. The van der Waals surface area contributed by atoms with Crippen molar-refractivity contribution < 1.29 is 13.2 Å². The van der Waals surface area contributed by atoms with Crippen molar-refractivity contribution in [2.24, 2.45) is 0 Å². The van der Waals surface area contributed by atoms with Gasteiger partial charge in [-0.2, -0.15) is 0 Å². The highest BCUT2D eigenvalue weighted by atomic mass is 35.5. The molecule has 2 aliphatic heterocycles. The first-order valence-corrected chi connectivity index (χ1v) is 11.0. The van der Waals surface area contributed by atoms with Gasteiger partial charge in [-0.3, -0.25) is 0 Å². The van der Waals surface area contributed by atoms with Crippen LogP contribution in [0.3, 0.4) is 0 Å². The molecule has 2 aliphatic rings. The van der Waals surface area contributed by atoms with Crippen LogP contribution in [0.4, 0.5) is 0 Å². The van der Waals surface area contributed by atoms with Crippen molar-refractivity contribution in [3.63, 3.8) is 0 Å². The number of halogens is 1. The van der Waals surface area contributed by atoms with Crippen molar-refractivity contribution in [1.29, 1.82) is 0 Å². The summed E-state index contributed by atoms with van der Waals surface area (Å²) in [7, 11) is -2.94. The maximum atomic E-state index is 11.9. The Morgan fingerprint density at radius 1 is 1.38 bits per heavy atom. The van der Waals surface area contributed by atoms with E-state index < -0.39 is 15.4 Å². The van der Waals surface area contributed by atoms with Crippen molar-refractivity contribution in [3.8, 4) is 0 Å². The molecule has 0 aromatic heterocycles. The second-order valence-corrected chi connectivity index (χ2v) is 9.74. The highest BCUT2D eigenvalue weighted by molar-refractivity contribution is 7.91. The molecule has 134 valence electrons. The van der Waals surface area contributed by atoms with Gasteiger partial charge in [-0.25, -0.2) is 8.42 Å². The number of hydrogen-bond acceptors (Lipinski definition) is 4. The second kappa shape index (κ2) is 7.32. The third-order valence-corrected chi connectivity index (χ3v) is 7.18. The SMILES string of the molecule is CCC[C@H](N[C@@H]1CCO[C@]2(CCS(=O)(=O)C2)C1)c1ccc(Cl)cc1. The van der Waals surface area contributed by atoms with Gasteiger partial charge in [0.05, 0.1) is 17.1 Å². The van der Waals surface area contributed by atoms with E-state index in [0.29, 0.717) is 19.1 Å². The zero-order valence-corrected chi connectivity index (χ0v) is 15.7. The first-order chi connectivity index (χ1) is 11.4. The molecule has 4 nitrogen and oxygen atoms in total. The van der Waals surface area contributed by atoms with Crippen LogP contribution < -0.4 is 5.32 Å². The first-order valence-electron chi connectivity index (χ1n) is 8.77. The molecule has 24 heavy (non-hydrogen) atoms. The van der Waals surface area contributed by atoms with Crippen molar-refractivity contribution >= 4 is 21.4 Å². The monoisotopic (exact) mass is 371 g/mol. The van der Waals surface area contributed by atoms with Gasteiger partial charge in [0.1, 0.15) is 0 Å². The standard InChI is InChI=1S/C18H26ClNO3S/c1-2-3-17(14-4-6-15(19)7-5-14)20-16-8-10-23-18(12-16)9-11-24(21,22)13-18/h4-7,16-17,20H,2-3,8-13H2,1H3/t16-,17+,18-/m1/s1. The maximum Gasteiger partial charge on any atom is 0.153 e. The predicted molar refractivity (Wildman–Crippen MR) is 97.2 cm³/mol. The molecule has 1 spiro atoms. The lowest BCUT2D eigenvalue weighted by Gasteiger charge is -2.39. The van der Waals surface area contributed by atoms with E-state index in [0.717, 1.165) is 30.7 Å². The number of sulfone groups is 1. The van der Waals surface area contributed by atoms with E-state index >= 15 is 0 Å². The van der Waals surface area contributed by atoms with Gasteiger partial charge in [-0.15, -0.1) is 0 Å². The highest BCUT2D eigenvalue weighted by Crippen LogP contribution is 2.36. The Balaban J connectivity index is 1.69. The smallest absolute Gasteiger partial charge is 0.153 e. The molecule has 6 heteroatoms. The lowest BCUT2D eigenvalue weighted by molar-refractivity contribution is -0.0718. The lowest BCUT2D eigenvalue weighted by atomic mass is 9.88. The van der Waals surface area contributed by atoms with Crippen LogP contribution in [-0.4, -0.2) is 38.2 Å². The zero-order valence-electron chi connectivity index (χ0n) is 14.1. The van der Waals surface area contributed by atoms with Crippen LogP contribution in [0.25, 0.3) is 0 Å². The molecule has 2 heterocycles. The number of rotatable bonds is 5. The summed E-state index contributed by atoms with van der Waals surface area (Å²) in [5.74, 6) is 0.437. The summed E-state index contributed by atoms with van der Waals surface area (Å²) >= 11 is 6.00. The molecular formula is C18H26ClNO3S. The summed E-state index contributed by atoms with van der Waals surface area (Å²) in [6.07, 6.45) is 4.47. The summed E-state index contributed by atoms with van der Waals surface area (Å²) in [6, 6.07) is 8.56. The molecule has 3 rings (SSSR count). The van der Waals surface area contributed by atoms with Gasteiger partial charge in [0.15, 0.2) is 9.84 Å². The fourth-order valence-corrected chi connectivity index (χ4v) is 6.05. The third-order valence-electron chi connectivity index (χ3n) is 5.13. The van der Waals surface area contributed by atoms with Gasteiger partial charge >= 0.3 is 0 Å². The molecule has 0 aliphatic carbocycles. The van der Waals surface area contributed by atoms with Crippen LogP contribution in [0.5, 0.6) is 0 Å². The Bertz CT molecular complexity index is 661. The van der Waals surface area contributed by atoms with Gasteiger partial charge in [0.2, 0.25) is 0 Å². The van der Waals surface area contributed by atoms with Gasteiger partial charge < -0.3 is 10.1 Å². The lowest BCUT2D eigenvalue weighted by Crippen LogP contribution is -2.48. The van der Waals surface area contributed by atoms with Crippen LogP contribution in [0, 0.1) is 0 Å². The number of benzene rings is 1. The second-order valence-electron chi connectivity index (χ2n) is 7.12. The predicted octanol–water partition coefficient (Wildman–Crippen LogP) is 3.51. The van der Waals surface area contributed by atoms with E-state index in [-0.39, 0.29) is 17.5 Å². The van der Waals surface area contributed by atoms with Gasteiger partial charge in [0, 0.05) is 23.7 Å². The quantitative estimate of drug-likeness (QED) is 0.860. The highest BCUT2D eigenvalue weighted by Gasteiger charge is 2.46. The Kier molecular flexibility index (Phi) is 5.55. The van der Waals surface area contributed by atoms with E-state index in [2.05, 4.69) is 24.4 Å². The van der Waals surface area contributed by atoms with E-state index in [1.807, 2.05) is 12.1 Å². The zero-order chi connectivity index (χ0) is 17.2.